The van der Waals surface area contributed by atoms with Crippen LogP contribution in [0, 0.1) is 0 Å². The minimum atomic E-state index is 0.967. The molecule has 1 N–H and O–H groups in total. The van der Waals surface area contributed by atoms with Crippen molar-refractivity contribution in [3.63, 3.8) is 0 Å². The predicted molar refractivity (Wildman–Crippen MR) is 76.6 cm³/mol. The van der Waals surface area contributed by atoms with Crippen LogP contribution < -0.4 is 5.32 Å². The van der Waals surface area contributed by atoms with Crippen molar-refractivity contribution in [2.45, 2.75) is 32.9 Å². The Morgan fingerprint density at radius 1 is 1.06 bits per heavy atom. The Morgan fingerprint density at radius 3 is 2.67 bits per heavy atom. The van der Waals surface area contributed by atoms with Gasteiger partial charge in [0.15, 0.2) is 0 Å². The van der Waals surface area contributed by atoms with Gasteiger partial charge < -0.3 is 9.88 Å². The van der Waals surface area contributed by atoms with Gasteiger partial charge in [-0.3, -0.25) is 0 Å². The van der Waals surface area contributed by atoms with Crippen LogP contribution in [0.3, 0.4) is 0 Å². The molecule has 0 saturated heterocycles. The second-order valence-corrected chi connectivity index (χ2v) is 4.56. The molecule has 1 heterocycles. The summed E-state index contributed by atoms with van der Waals surface area (Å²) in [5, 5.41) is 3.38. The highest BCUT2D eigenvalue weighted by Crippen LogP contribution is 2.07. The van der Waals surface area contributed by atoms with Crippen LogP contribution in [0.5, 0.6) is 0 Å². The van der Waals surface area contributed by atoms with E-state index in [1.807, 2.05) is 0 Å². The number of nitrogens with zero attached hydrogens (tertiary/aromatic N) is 1. The molecule has 96 valence electrons. The summed E-state index contributed by atoms with van der Waals surface area (Å²) in [6.07, 6.45) is 4.52. The number of nitrogens with one attached hydrogen (secondary N) is 1. The molecule has 18 heavy (non-hydrogen) atoms. The van der Waals surface area contributed by atoms with Crippen molar-refractivity contribution in [3.8, 4) is 0 Å². The van der Waals surface area contributed by atoms with E-state index in [-0.39, 0.29) is 0 Å². The van der Waals surface area contributed by atoms with Crippen LogP contribution in [-0.2, 0) is 19.5 Å². The van der Waals surface area contributed by atoms with E-state index in [2.05, 4.69) is 65.5 Å². The lowest BCUT2D eigenvalue weighted by Gasteiger charge is -2.09. The van der Waals surface area contributed by atoms with Crippen LogP contribution in [-0.4, -0.2) is 11.1 Å². The van der Waals surface area contributed by atoms with Gasteiger partial charge in [-0.1, -0.05) is 37.3 Å². The Morgan fingerprint density at radius 2 is 1.89 bits per heavy atom. The zero-order chi connectivity index (χ0) is 12.6. The first-order valence-corrected chi connectivity index (χ1v) is 6.79. The number of benzene rings is 1. The molecule has 2 heteroatoms. The van der Waals surface area contributed by atoms with Gasteiger partial charge in [0, 0.05) is 25.0 Å². The van der Waals surface area contributed by atoms with Gasteiger partial charge in [0.05, 0.1) is 0 Å². The zero-order valence-corrected chi connectivity index (χ0v) is 11.1. The first kappa shape index (κ1) is 12.9. The van der Waals surface area contributed by atoms with Crippen molar-refractivity contribution in [2.24, 2.45) is 0 Å². The highest BCUT2D eigenvalue weighted by atomic mass is 15.0. The molecule has 0 saturated carbocycles. The molecule has 1 aromatic heterocycles. The molecule has 0 atom stereocenters. The lowest BCUT2D eigenvalue weighted by molar-refractivity contribution is 0.594. The van der Waals surface area contributed by atoms with Gasteiger partial charge in [-0.15, -0.1) is 0 Å². The fourth-order valence-electron chi connectivity index (χ4n) is 2.18. The minimum absolute atomic E-state index is 0.967. The fraction of sp³-hybridized carbons (Fsp3) is 0.375. The second-order valence-electron chi connectivity index (χ2n) is 4.56. The smallest absolute Gasteiger partial charge is 0.0359 e. The molecule has 2 aromatic rings. The fourth-order valence-corrected chi connectivity index (χ4v) is 2.18. The molecule has 0 fully saturated rings. The van der Waals surface area contributed by atoms with E-state index in [9.17, 15) is 0 Å². The van der Waals surface area contributed by atoms with Crippen LogP contribution >= 0.6 is 0 Å². The minimum Gasteiger partial charge on any atom is -0.350 e. The van der Waals surface area contributed by atoms with E-state index in [0.717, 1.165) is 26.1 Å². The summed E-state index contributed by atoms with van der Waals surface area (Å²) in [7, 11) is 0. The highest BCUT2D eigenvalue weighted by Gasteiger charge is 2.00. The van der Waals surface area contributed by atoms with Crippen LogP contribution in [0.4, 0.5) is 0 Å². The Bertz CT molecular complexity index is 445. The Kier molecular flexibility index (Phi) is 5.03. The van der Waals surface area contributed by atoms with Gasteiger partial charge in [-0.05, 0) is 37.1 Å². The van der Waals surface area contributed by atoms with E-state index < -0.39 is 0 Å². The van der Waals surface area contributed by atoms with E-state index in [0.29, 0.717) is 0 Å². The maximum atomic E-state index is 3.38. The summed E-state index contributed by atoms with van der Waals surface area (Å²) in [6.45, 7) is 5.23. The number of hydrogen-bond acceptors (Lipinski definition) is 1. The second kappa shape index (κ2) is 7.02. The molecule has 0 aliphatic heterocycles. The topological polar surface area (TPSA) is 17.0 Å². The van der Waals surface area contributed by atoms with Crippen molar-refractivity contribution in [1.82, 2.24) is 9.88 Å². The highest BCUT2D eigenvalue weighted by molar-refractivity contribution is 5.14. The molecular weight excluding hydrogens is 220 g/mol. The zero-order valence-electron chi connectivity index (χ0n) is 11.1. The van der Waals surface area contributed by atoms with Crippen molar-refractivity contribution in [3.05, 3.63) is 59.9 Å². The molecule has 0 bridgehead atoms. The standard InChI is InChI=1S/C16H22N2/c1-2-17-14-16-11-7-13-18(16)12-6-10-15-8-4-3-5-9-15/h3-5,7-9,11,13,17H,2,6,10,12,14H2,1H3. The van der Waals surface area contributed by atoms with E-state index in [4.69, 9.17) is 0 Å². The van der Waals surface area contributed by atoms with Gasteiger partial charge in [-0.2, -0.15) is 0 Å². The quantitative estimate of drug-likeness (QED) is 0.788. The molecule has 1 aromatic carbocycles. The number of rotatable bonds is 7. The van der Waals surface area contributed by atoms with Gasteiger partial charge in [0.2, 0.25) is 0 Å². The Balaban J connectivity index is 1.81. The molecule has 0 spiro atoms. The molecule has 0 radical (unpaired) electrons. The molecule has 0 amide bonds. The molecular formula is C16H22N2. The number of aromatic nitrogens is 1. The third kappa shape index (κ3) is 3.74. The number of hydrogen-bond donors (Lipinski definition) is 1. The normalized spacial score (nSPS) is 10.7. The lowest BCUT2D eigenvalue weighted by Crippen LogP contribution is -2.15. The van der Waals surface area contributed by atoms with Crippen molar-refractivity contribution in [2.75, 3.05) is 6.54 Å². The summed E-state index contributed by atoms with van der Waals surface area (Å²) in [5.74, 6) is 0. The summed E-state index contributed by atoms with van der Waals surface area (Å²) in [5.41, 5.74) is 2.81. The molecule has 2 nitrogen and oxygen atoms in total. The summed E-state index contributed by atoms with van der Waals surface area (Å²) in [6, 6.07) is 15.0. The Hall–Kier alpha value is -1.54. The molecule has 2 rings (SSSR count). The SMILES string of the molecule is CCNCc1cccn1CCCc1ccccc1. The van der Waals surface area contributed by atoms with Gasteiger partial charge in [-0.25, -0.2) is 0 Å². The summed E-state index contributed by atoms with van der Waals surface area (Å²) in [4.78, 5) is 0. The van der Waals surface area contributed by atoms with E-state index >= 15 is 0 Å². The third-order valence-corrected chi connectivity index (χ3v) is 3.19. The van der Waals surface area contributed by atoms with Crippen LogP contribution in [0.2, 0.25) is 0 Å². The largest absolute Gasteiger partial charge is 0.350 e. The van der Waals surface area contributed by atoms with Crippen molar-refractivity contribution >= 4 is 0 Å². The van der Waals surface area contributed by atoms with Crippen molar-refractivity contribution in [1.29, 1.82) is 0 Å². The maximum absolute atomic E-state index is 3.38. The van der Waals surface area contributed by atoms with Crippen LogP contribution in [0.1, 0.15) is 24.6 Å². The lowest BCUT2D eigenvalue weighted by atomic mass is 10.1. The molecule has 0 aliphatic carbocycles. The average molecular weight is 242 g/mol. The first-order valence-electron chi connectivity index (χ1n) is 6.79. The van der Waals surface area contributed by atoms with Gasteiger partial charge >= 0.3 is 0 Å². The maximum Gasteiger partial charge on any atom is 0.0359 e. The summed E-state index contributed by atoms with van der Waals surface area (Å²) >= 11 is 0. The first-order chi connectivity index (χ1) is 8.90. The monoisotopic (exact) mass is 242 g/mol. The summed E-state index contributed by atoms with van der Waals surface area (Å²) < 4.78 is 2.35. The van der Waals surface area contributed by atoms with E-state index in [1.54, 1.807) is 0 Å². The molecule has 0 unspecified atom stereocenters. The van der Waals surface area contributed by atoms with Gasteiger partial charge in [0.25, 0.3) is 0 Å². The third-order valence-electron chi connectivity index (χ3n) is 3.19. The van der Waals surface area contributed by atoms with Crippen LogP contribution in [0.15, 0.2) is 48.7 Å². The van der Waals surface area contributed by atoms with Crippen molar-refractivity contribution < 1.29 is 0 Å². The van der Waals surface area contributed by atoms with Crippen LogP contribution in [0.25, 0.3) is 0 Å². The number of aryl methyl sites for hydroxylation is 2. The molecule has 0 aliphatic rings. The van der Waals surface area contributed by atoms with E-state index in [1.165, 1.54) is 17.7 Å². The van der Waals surface area contributed by atoms with Gasteiger partial charge in [0.1, 0.15) is 0 Å². The Labute approximate surface area is 110 Å². The predicted octanol–water partition coefficient (Wildman–Crippen LogP) is 3.23. The average Bonchev–Trinajstić information content (AvgIpc) is 2.85.